The van der Waals surface area contributed by atoms with E-state index >= 15 is 0 Å². The Morgan fingerprint density at radius 1 is 0.551 bits per heavy atom. The van der Waals surface area contributed by atoms with Crippen molar-refractivity contribution in [2.45, 2.75) is 40.9 Å². The van der Waals surface area contributed by atoms with Gasteiger partial charge in [0, 0.05) is 107 Å². The monoisotopic (exact) mass is 1220 g/mol. The van der Waals surface area contributed by atoms with Gasteiger partial charge in [0.05, 0.1) is 31.7 Å². The second kappa shape index (κ2) is 21.3. The lowest BCUT2D eigenvalue weighted by atomic mass is 10.2. The van der Waals surface area contributed by atoms with Crippen molar-refractivity contribution in [2.75, 3.05) is 32.5 Å². The normalized spacial score (nSPS) is 13.9. The van der Waals surface area contributed by atoms with Crippen molar-refractivity contribution in [1.29, 1.82) is 0 Å². The van der Waals surface area contributed by atoms with Crippen LogP contribution in [0.4, 0.5) is 17.1 Å². The van der Waals surface area contributed by atoms with Crippen LogP contribution >= 0.6 is 69.6 Å². The van der Waals surface area contributed by atoms with E-state index in [4.69, 9.17) is 74.3 Å². The number of esters is 1. The molecule has 16 nitrogen and oxygen atoms in total. The Morgan fingerprint density at radius 2 is 0.987 bits per heavy atom. The quantitative estimate of drug-likeness (QED) is 0.0901. The lowest BCUT2D eigenvalue weighted by Gasteiger charge is -2.21. The van der Waals surface area contributed by atoms with Crippen LogP contribution in [0.3, 0.4) is 0 Å². The molecule has 6 heterocycles. The number of rotatable bonds is 7. The maximum atomic E-state index is 13.5. The van der Waals surface area contributed by atoms with Gasteiger partial charge in [-0.15, -0.1) is 0 Å². The number of hydrogen-bond acceptors (Lipinski definition) is 11. The molecular formula is C53H38Cl6N6O10S3. The molecule has 3 aliphatic rings. The van der Waals surface area contributed by atoms with E-state index < -0.39 is 36.0 Å². The first kappa shape index (κ1) is 54.9. The Balaban J connectivity index is 0.000000133. The molecule has 25 heteroatoms. The van der Waals surface area contributed by atoms with Crippen LogP contribution < -0.4 is 27.9 Å². The number of aromatic nitrogens is 3. The predicted molar refractivity (Wildman–Crippen MR) is 305 cm³/mol. The topological polar surface area (TPSA) is 211 Å². The number of sulfonamides is 3. The lowest BCUT2D eigenvalue weighted by molar-refractivity contribution is -0.603. The summed E-state index contributed by atoms with van der Waals surface area (Å²) in [4.78, 5) is 30.1. The van der Waals surface area contributed by atoms with Gasteiger partial charge in [-0.1, -0.05) is 87.8 Å². The summed E-state index contributed by atoms with van der Waals surface area (Å²) in [6.45, 7) is 2.19. The van der Waals surface area contributed by atoms with E-state index in [1.807, 2.05) is 18.2 Å². The van der Waals surface area contributed by atoms with Crippen LogP contribution in [0.15, 0.2) is 153 Å². The summed E-state index contributed by atoms with van der Waals surface area (Å²) in [7, 11) is -11.7. The van der Waals surface area contributed by atoms with Crippen LogP contribution in [-0.2, 0) is 54.1 Å². The summed E-state index contributed by atoms with van der Waals surface area (Å²) >= 11 is 36.5. The van der Waals surface area contributed by atoms with Gasteiger partial charge in [-0.2, -0.15) is 4.73 Å². The molecule has 0 saturated heterocycles. The number of anilines is 3. The smallest absolute Gasteiger partial charge is 0.309 e. The number of hydrogen-bond donors (Lipinski definition) is 1. The molecule has 0 aliphatic carbocycles. The van der Waals surface area contributed by atoms with Gasteiger partial charge in [0.25, 0.3) is 35.6 Å². The fourth-order valence-electron chi connectivity index (χ4n) is 9.58. The Morgan fingerprint density at radius 3 is 1.46 bits per heavy atom. The predicted octanol–water partition coefficient (Wildman–Crippen LogP) is 11.3. The summed E-state index contributed by atoms with van der Waals surface area (Å²) < 4.78 is 89.9. The van der Waals surface area contributed by atoms with E-state index in [1.165, 1.54) is 81.0 Å². The number of nitrogens with zero attached hydrogens (tertiary/aromatic N) is 5. The number of halogens is 6. The number of nitrogens with one attached hydrogen (secondary N) is 1. The molecule has 0 amide bonds. The molecule has 0 fully saturated rings. The molecular weight excluding hydrogens is 1190 g/mol. The standard InChI is InChI=1S/C19H14Cl2N2O4S.2C17H12Cl2N2O3S/c1-11(24)27-19-16-8-14(21)10-18(15(16)4-6-22-19)28(25,26)23-7-5-12-2-3-13(20)9-17(12)23;18-13-2-1-11-3-6-21(16(11)8-13)25(23,24)17-9-14(19)7-12-10-20(22)5-4-15(12)17;18-11-2-1-10-4-6-21(15(10)8-11)25(23,24)16-9-12(19)7-14-13(16)3-5-20-17(14)22/h2-4,6,8-10H,5,7H2,1H3;1-2,4-5,7-10H,3,6H2;1-3,5,7-9H,4,6H2,(H,20,22). The highest BCUT2D eigenvalue weighted by Gasteiger charge is 2.36. The SMILES string of the molecule is CC(=O)Oc1nccc2c(S(=O)(=O)N3CCc4ccc(Cl)cc43)cc(Cl)cc12.O=S(=O)(c1cc(Cl)cc2c[n+]([O-])ccc12)N1CCc2ccc(Cl)cc21.O=c1[nH]ccc2c(S(=O)(=O)N3CCc4ccc(Cl)cc43)cc(Cl)cc12. The molecule has 9 aromatic rings. The number of ether oxygens (including phenoxy) is 1. The highest BCUT2D eigenvalue weighted by molar-refractivity contribution is 7.93. The molecule has 0 radical (unpaired) electrons. The lowest BCUT2D eigenvalue weighted by Crippen LogP contribution is -2.29. The van der Waals surface area contributed by atoms with Crippen molar-refractivity contribution >= 4 is 155 Å². The highest BCUT2D eigenvalue weighted by Crippen LogP contribution is 2.41. The van der Waals surface area contributed by atoms with Gasteiger partial charge in [-0.05, 0) is 121 Å². The zero-order chi connectivity index (χ0) is 55.6. The highest BCUT2D eigenvalue weighted by atomic mass is 35.5. The molecule has 0 unspecified atom stereocenters. The van der Waals surface area contributed by atoms with Crippen molar-refractivity contribution in [3.63, 3.8) is 0 Å². The van der Waals surface area contributed by atoms with E-state index in [-0.39, 0.29) is 46.6 Å². The number of aromatic amines is 1. The minimum Gasteiger partial charge on any atom is -0.619 e. The number of carbonyl (C=O) groups is 1. The third-order valence-electron chi connectivity index (χ3n) is 13.0. The van der Waals surface area contributed by atoms with Crippen molar-refractivity contribution in [3.8, 4) is 5.88 Å². The van der Waals surface area contributed by atoms with Gasteiger partial charge < -0.3 is 14.9 Å². The van der Waals surface area contributed by atoms with E-state index in [9.17, 15) is 40.0 Å². The van der Waals surface area contributed by atoms with E-state index in [1.54, 1.807) is 54.6 Å². The summed E-state index contributed by atoms with van der Waals surface area (Å²) in [5, 5.41) is 15.7. The summed E-state index contributed by atoms with van der Waals surface area (Å²) in [5.41, 5.74) is 4.05. The Labute approximate surface area is 476 Å². The van der Waals surface area contributed by atoms with E-state index in [0.717, 1.165) is 16.7 Å². The molecule has 400 valence electrons. The first-order chi connectivity index (χ1) is 37.0. The summed E-state index contributed by atoms with van der Waals surface area (Å²) in [6, 6.07) is 29.0. The van der Waals surface area contributed by atoms with Crippen LogP contribution in [-0.4, -0.2) is 60.8 Å². The first-order valence-electron chi connectivity index (χ1n) is 23.3. The number of benzene rings is 6. The van der Waals surface area contributed by atoms with Crippen LogP contribution in [0, 0.1) is 5.21 Å². The summed E-state index contributed by atoms with van der Waals surface area (Å²) in [5.74, 6) is -0.554. The molecule has 6 aromatic carbocycles. The number of H-pyrrole nitrogens is 1. The zero-order valence-electron chi connectivity index (χ0n) is 40.3. The maximum absolute atomic E-state index is 13.5. The third-order valence-corrected chi connectivity index (χ3v) is 19.9. The molecule has 3 aromatic heterocycles. The molecule has 0 saturated carbocycles. The van der Waals surface area contributed by atoms with E-state index in [0.29, 0.717) is 103 Å². The Kier molecular flexibility index (Phi) is 15.0. The minimum atomic E-state index is -3.94. The zero-order valence-corrected chi connectivity index (χ0v) is 47.2. The fourth-order valence-corrected chi connectivity index (χ4v) is 16.1. The van der Waals surface area contributed by atoms with Crippen LogP contribution in [0.5, 0.6) is 5.88 Å². The van der Waals surface area contributed by atoms with Gasteiger partial charge in [0.1, 0.15) is 0 Å². The molecule has 12 rings (SSSR count). The van der Waals surface area contributed by atoms with Crippen molar-refractivity contribution in [1.82, 2.24) is 9.97 Å². The van der Waals surface area contributed by atoms with Crippen molar-refractivity contribution < 1.29 is 39.5 Å². The van der Waals surface area contributed by atoms with E-state index in [2.05, 4.69) is 9.97 Å². The average molecular weight is 1230 g/mol. The van der Waals surface area contributed by atoms with Gasteiger partial charge in [-0.25, -0.2) is 30.2 Å². The van der Waals surface area contributed by atoms with Crippen LogP contribution in [0.1, 0.15) is 23.6 Å². The van der Waals surface area contributed by atoms with Gasteiger partial charge in [0.15, 0.2) is 12.4 Å². The molecule has 0 spiro atoms. The second-order valence-corrected chi connectivity index (χ2v) is 26.0. The Hall–Kier alpha value is -6.39. The molecule has 0 bridgehead atoms. The van der Waals surface area contributed by atoms with Crippen LogP contribution in [0.25, 0.3) is 32.3 Å². The van der Waals surface area contributed by atoms with Crippen LogP contribution in [0.2, 0.25) is 30.1 Å². The molecule has 0 atom stereocenters. The van der Waals surface area contributed by atoms with Gasteiger partial charge in [0.2, 0.25) is 5.88 Å². The molecule has 78 heavy (non-hydrogen) atoms. The maximum Gasteiger partial charge on any atom is 0.309 e. The molecule has 1 N–H and O–H groups in total. The van der Waals surface area contributed by atoms with Crippen molar-refractivity contribution in [3.05, 3.63) is 196 Å². The number of fused-ring (bicyclic) bond motifs is 6. The molecule has 3 aliphatic heterocycles. The number of carbonyl (C=O) groups excluding carboxylic acids is 1. The fraction of sp³-hybridized carbons (Fsp3) is 0.132. The summed E-state index contributed by atoms with van der Waals surface area (Å²) in [6.07, 6.45) is 7.19. The Bertz CT molecular complexity index is 4400. The van der Waals surface area contributed by atoms with Gasteiger partial charge >= 0.3 is 5.97 Å². The first-order valence-corrected chi connectivity index (χ1v) is 29.9. The van der Waals surface area contributed by atoms with Gasteiger partial charge in [-0.3, -0.25) is 22.5 Å². The number of pyridine rings is 3. The minimum absolute atomic E-state index is 0.00816. The largest absolute Gasteiger partial charge is 0.619 e. The van der Waals surface area contributed by atoms with Crippen molar-refractivity contribution in [2.24, 2.45) is 0 Å². The third kappa shape index (κ3) is 10.5. The second-order valence-electron chi connectivity index (χ2n) is 17.9. The average Bonchev–Trinajstić information content (AvgIpc) is 4.30.